The number of aryl methyl sites for hydroxylation is 1. The van der Waals surface area contributed by atoms with E-state index in [-0.39, 0.29) is 11.8 Å². The minimum Gasteiger partial charge on any atom is -0.444 e. The number of aromatic nitrogens is 1. The summed E-state index contributed by atoms with van der Waals surface area (Å²) in [6, 6.07) is 3.14. The van der Waals surface area contributed by atoms with Gasteiger partial charge in [-0.1, -0.05) is 13.0 Å². The lowest BCUT2D eigenvalue weighted by Gasteiger charge is -2.28. The Labute approximate surface area is 151 Å². The number of likely N-dealkylation sites (tertiary alicyclic amines) is 1. The molecule has 1 aliphatic heterocycles. The molecule has 0 saturated carbocycles. The number of halogens is 1. The second-order valence-corrected chi connectivity index (χ2v) is 8.09. The van der Waals surface area contributed by atoms with Crippen molar-refractivity contribution in [2.45, 2.75) is 52.7 Å². The lowest BCUT2D eigenvalue weighted by molar-refractivity contribution is -0.120. The molecule has 2 atom stereocenters. The molecule has 1 aliphatic rings. The summed E-state index contributed by atoms with van der Waals surface area (Å²) in [5, 5.41) is 2.83. The molecular weight excluding hydrogens is 374 g/mol. The first-order valence-electron chi connectivity index (χ1n) is 8.00. The van der Waals surface area contributed by atoms with Crippen LogP contribution >= 0.6 is 15.9 Å². The highest BCUT2D eigenvalue weighted by Gasteiger charge is 2.40. The van der Waals surface area contributed by atoms with E-state index in [1.165, 1.54) is 4.90 Å². The standard InChI is InChI=1S/C17H24BrN3O3/c1-10-8-12(21(9-10)16(23)24-17(3,4)5)15(22)20-14-11(2)6-7-13(18)19-14/h6-7,10,12H,8-9H2,1-5H3,(H,19,20,22)/t10-,12+/m1/s1. The zero-order chi connectivity index (χ0) is 18.1. The molecule has 132 valence electrons. The summed E-state index contributed by atoms with van der Waals surface area (Å²) in [6.07, 6.45) is 0.156. The van der Waals surface area contributed by atoms with E-state index in [9.17, 15) is 9.59 Å². The van der Waals surface area contributed by atoms with Crippen LogP contribution in [0.1, 0.15) is 39.7 Å². The number of nitrogens with zero attached hydrogens (tertiary/aromatic N) is 2. The van der Waals surface area contributed by atoms with Crippen LogP contribution in [-0.4, -0.2) is 40.1 Å². The van der Waals surface area contributed by atoms with Gasteiger partial charge in [-0.15, -0.1) is 0 Å². The monoisotopic (exact) mass is 397 g/mol. The summed E-state index contributed by atoms with van der Waals surface area (Å²) in [4.78, 5) is 30.9. The summed E-state index contributed by atoms with van der Waals surface area (Å²) in [5.41, 5.74) is 0.272. The Hall–Kier alpha value is -1.63. The molecule has 1 aromatic heterocycles. The number of nitrogens with one attached hydrogen (secondary N) is 1. The molecule has 1 N–H and O–H groups in total. The van der Waals surface area contributed by atoms with Gasteiger partial charge >= 0.3 is 6.09 Å². The zero-order valence-corrected chi connectivity index (χ0v) is 16.3. The van der Waals surface area contributed by atoms with E-state index in [4.69, 9.17) is 4.74 Å². The Morgan fingerprint density at radius 2 is 2.04 bits per heavy atom. The van der Waals surface area contributed by atoms with Crippen LogP contribution in [0.2, 0.25) is 0 Å². The van der Waals surface area contributed by atoms with Gasteiger partial charge in [-0.2, -0.15) is 0 Å². The fourth-order valence-electron chi connectivity index (χ4n) is 2.65. The van der Waals surface area contributed by atoms with Gasteiger partial charge in [0.15, 0.2) is 0 Å². The summed E-state index contributed by atoms with van der Waals surface area (Å²) < 4.78 is 6.07. The van der Waals surface area contributed by atoms with Crippen LogP contribution in [0.5, 0.6) is 0 Å². The normalized spacial score (nSPS) is 20.8. The molecule has 0 unspecified atom stereocenters. The molecule has 0 radical (unpaired) electrons. The molecule has 24 heavy (non-hydrogen) atoms. The number of amides is 2. The van der Waals surface area contributed by atoms with Gasteiger partial charge < -0.3 is 10.1 Å². The Morgan fingerprint density at radius 3 is 2.67 bits per heavy atom. The third kappa shape index (κ3) is 4.69. The van der Waals surface area contributed by atoms with Gasteiger partial charge in [0.05, 0.1) is 0 Å². The maximum absolute atomic E-state index is 12.7. The summed E-state index contributed by atoms with van der Waals surface area (Å²) in [7, 11) is 0. The van der Waals surface area contributed by atoms with Crippen LogP contribution in [0.3, 0.4) is 0 Å². The van der Waals surface area contributed by atoms with Gasteiger partial charge in [0.1, 0.15) is 22.1 Å². The highest BCUT2D eigenvalue weighted by atomic mass is 79.9. The number of carbonyl (C=O) groups excluding carboxylic acids is 2. The van der Waals surface area contributed by atoms with Crippen molar-refractivity contribution in [3.8, 4) is 0 Å². The maximum atomic E-state index is 12.7. The molecule has 1 fully saturated rings. The van der Waals surface area contributed by atoms with Crippen molar-refractivity contribution in [3.63, 3.8) is 0 Å². The second-order valence-electron chi connectivity index (χ2n) is 7.28. The number of ether oxygens (including phenoxy) is 1. The second kappa shape index (κ2) is 7.09. The van der Waals surface area contributed by atoms with E-state index in [1.807, 2.05) is 46.8 Å². The van der Waals surface area contributed by atoms with Crippen LogP contribution < -0.4 is 5.32 Å². The molecule has 2 heterocycles. The fourth-order valence-corrected chi connectivity index (χ4v) is 2.96. The zero-order valence-electron chi connectivity index (χ0n) is 14.7. The SMILES string of the molecule is Cc1ccc(Br)nc1NC(=O)[C@@H]1C[C@@H](C)CN1C(=O)OC(C)(C)C. The van der Waals surface area contributed by atoms with E-state index in [2.05, 4.69) is 26.2 Å². The van der Waals surface area contributed by atoms with E-state index in [0.717, 1.165) is 5.56 Å². The largest absolute Gasteiger partial charge is 0.444 e. The quantitative estimate of drug-likeness (QED) is 0.771. The third-order valence-electron chi connectivity index (χ3n) is 3.75. The van der Waals surface area contributed by atoms with E-state index >= 15 is 0 Å². The maximum Gasteiger partial charge on any atom is 0.410 e. The van der Waals surface area contributed by atoms with Crippen LogP contribution in [0.4, 0.5) is 10.6 Å². The highest BCUT2D eigenvalue weighted by Crippen LogP contribution is 2.26. The third-order valence-corrected chi connectivity index (χ3v) is 4.19. The molecule has 0 spiro atoms. The Bertz CT molecular complexity index is 642. The summed E-state index contributed by atoms with van der Waals surface area (Å²) in [6.45, 7) is 9.85. The number of rotatable bonds is 2. The van der Waals surface area contributed by atoms with Crippen molar-refractivity contribution in [1.29, 1.82) is 0 Å². The van der Waals surface area contributed by atoms with Gasteiger partial charge in [0.2, 0.25) is 5.91 Å². The van der Waals surface area contributed by atoms with Crippen LogP contribution in [0.25, 0.3) is 0 Å². The molecule has 2 amide bonds. The van der Waals surface area contributed by atoms with Gasteiger partial charge in [-0.05, 0) is 67.6 Å². The molecule has 0 aliphatic carbocycles. The van der Waals surface area contributed by atoms with Crippen LogP contribution in [0.15, 0.2) is 16.7 Å². The number of anilines is 1. The van der Waals surface area contributed by atoms with Crippen molar-refractivity contribution in [3.05, 3.63) is 22.3 Å². The smallest absolute Gasteiger partial charge is 0.410 e. The van der Waals surface area contributed by atoms with Gasteiger partial charge in [-0.25, -0.2) is 9.78 Å². The van der Waals surface area contributed by atoms with Crippen molar-refractivity contribution in [1.82, 2.24) is 9.88 Å². The molecule has 7 heteroatoms. The minimum absolute atomic E-state index is 0.237. The first kappa shape index (κ1) is 18.7. The Balaban J connectivity index is 2.14. The highest BCUT2D eigenvalue weighted by molar-refractivity contribution is 9.10. The van der Waals surface area contributed by atoms with Gasteiger partial charge in [0.25, 0.3) is 0 Å². The predicted octanol–water partition coefficient (Wildman–Crippen LogP) is 3.74. The average molecular weight is 398 g/mol. The van der Waals surface area contributed by atoms with Crippen LogP contribution in [-0.2, 0) is 9.53 Å². The fraction of sp³-hybridized carbons (Fsp3) is 0.588. The van der Waals surface area contributed by atoms with E-state index < -0.39 is 17.7 Å². The molecule has 6 nitrogen and oxygen atoms in total. The van der Waals surface area contributed by atoms with Gasteiger partial charge in [-0.3, -0.25) is 9.69 Å². The number of hydrogen-bond donors (Lipinski definition) is 1. The summed E-state index contributed by atoms with van der Waals surface area (Å²) in [5.74, 6) is 0.502. The predicted molar refractivity (Wildman–Crippen MR) is 95.8 cm³/mol. The first-order valence-corrected chi connectivity index (χ1v) is 8.80. The van der Waals surface area contributed by atoms with Crippen molar-refractivity contribution in [2.75, 3.05) is 11.9 Å². The van der Waals surface area contributed by atoms with Crippen molar-refractivity contribution in [2.24, 2.45) is 5.92 Å². The topological polar surface area (TPSA) is 71.5 Å². The van der Waals surface area contributed by atoms with Crippen LogP contribution in [0, 0.1) is 12.8 Å². The van der Waals surface area contributed by atoms with Crippen molar-refractivity contribution >= 4 is 33.7 Å². The average Bonchev–Trinajstić information content (AvgIpc) is 2.83. The Morgan fingerprint density at radius 1 is 1.38 bits per heavy atom. The number of hydrogen-bond acceptors (Lipinski definition) is 4. The molecule has 0 aromatic carbocycles. The molecule has 1 aromatic rings. The first-order chi connectivity index (χ1) is 11.1. The van der Waals surface area contributed by atoms with E-state index in [1.54, 1.807) is 0 Å². The van der Waals surface area contributed by atoms with E-state index in [0.29, 0.717) is 23.4 Å². The van der Waals surface area contributed by atoms with Gasteiger partial charge in [0, 0.05) is 6.54 Å². The lowest BCUT2D eigenvalue weighted by atomic mass is 10.1. The molecular formula is C17H24BrN3O3. The minimum atomic E-state index is -0.591. The number of pyridine rings is 1. The molecule has 2 rings (SSSR count). The number of carbonyl (C=O) groups is 2. The molecule has 0 bridgehead atoms. The molecule has 1 saturated heterocycles. The summed E-state index contributed by atoms with van der Waals surface area (Å²) >= 11 is 3.30. The Kier molecular flexibility index (Phi) is 5.52. The lowest BCUT2D eigenvalue weighted by Crippen LogP contribution is -2.45. The van der Waals surface area contributed by atoms with Crippen molar-refractivity contribution < 1.29 is 14.3 Å².